The third-order valence-corrected chi connectivity index (χ3v) is 3.54. The maximum atomic E-state index is 11.0. The smallest absolute Gasteiger partial charge is 0.293 e. The van der Waals surface area contributed by atoms with Crippen molar-refractivity contribution in [2.75, 3.05) is 5.32 Å². The predicted molar refractivity (Wildman–Crippen MR) is 74.1 cm³/mol. The van der Waals surface area contributed by atoms with E-state index in [0.717, 1.165) is 6.07 Å². The molecule has 8 nitrogen and oxygen atoms in total. The van der Waals surface area contributed by atoms with E-state index in [1.54, 1.807) is 0 Å². The second-order valence-electron chi connectivity index (χ2n) is 4.80. The molecule has 1 heterocycles. The number of benzene rings is 1. The summed E-state index contributed by atoms with van der Waals surface area (Å²) in [7, 11) is 0. The molecule has 9 heteroatoms. The molecule has 5 atom stereocenters. The van der Waals surface area contributed by atoms with Gasteiger partial charge in [0.05, 0.1) is 11.0 Å². The maximum Gasteiger partial charge on any atom is 0.293 e. The summed E-state index contributed by atoms with van der Waals surface area (Å²) in [5, 5.41) is 43.0. The van der Waals surface area contributed by atoms with Crippen LogP contribution in [0.2, 0.25) is 5.02 Å². The number of ether oxygens (including phenoxy) is 1. The molecule has 21 heavy (non-hydrogen) atoms. The average Bonchev–Trinajstić information content (AvgIpc) is 2.44. The lowest BCUT2D eigenvalue weighted by atomic mass is 9.99. The summed E-state index contributed by atoms with van der Waals surface area (Å²) in [5.74, 6) is 0. The SMILES string of the molecule is C[C@@H]1O[C@H](Nc2ccc(Cl)cc2[N+](=O)[O-])[C@H](O)[C@H](O)[C@H]1O. The molecule has 0 amide bonds. The van der Waals surface area contributed by atoms with Gasteiger partial charge in [0, 0.05) is 11.1 Å². The second kappa shape index (κ2) is 6.12. The van der Waals surface area contributed by atoms with Crippen molar-refractivity contribution in [3.63, 3.8) is 0 Å². The summed E-state index contributed by atoms with van der Waals surface area (Å²) in [6.45, 7) is 1.52. The van der Waals surface area contributed by atoms with Gasteiger partial charge in [-0.05, 0) is 19.1 Å². The summed E-state index contributed by atoms with van der Waals surface area (Å²) < 4.78 is 5.32. The lowest BCUT2D eigenvalue weighted by Gasteiger charge is -2.39. The number of nitro groups is 1. The van der Waals surface area contributed by atoms with E-state index in [9.17, 15) is 25.4 Å². The lowest BCUT2D eigenvalue weighted by Crippen LogP contribution is -2.58. The highest BCUT2D eigenvalue weighted by molar-refractivity contribution is 6.30. The van der Waals surface area contributed by atoms with Crippen LogP contribution in [0.5, 0.6) is 0 Å². The number of anilines is 1. The molecular weight excluding hydrogens is 304 g/mol. The first-order valence-electron chi connectivity index (χ1n) is 6.21. The first-order valence-corrected chi connectivity index (χ1v) is 6.59. The van der Waals surface area contributed by atoms with Gasteiger partial charge in [-0.1, -0.05) is 11.6 Å². The van der Waals surface area contributed by atoms with Crippen LogP contribution >= 0.6 is 11.6 Å². The van der Waals surface area contributed by atoms with Crippen molar-refractivity contribution < 1.29 is 25.0 Å². The highest BCUT2D eigenvalue weighted by atomic mass is 35.5. The number of rotatable bonds is 3. The molecule has 0 saturated carbocycles. The van der Waals surface area contributed by atoms with Gasteiger partial charge < -0.3 is 25.4 Å². The van der Waals surface area contributed by atoms with Crippen LogP contribution in [0.4, 0.5) is 11.4 Å². The molecule has 4 N–H and O–H groups in total. The van der Waals surface area contributed by atoms with Crippen LogP contribution < -0.4 is 5.32 Å². The number of halogens is 1. The molecule has 1 aliphatic rings. The Morgan fingerprint density at radius 2 is 1.95 bits per heavy atom. The van der Waals surface area contributed by atoms with Crippen LogP contribution in [-0.2, 0) is 4.74 Å². The molecule has 0 unspecified atom stereocenters. The molecule has 0 aliphatic carbocycles. The number of aliphatic hydroxyl groups excluding tert-OH is 3. The van der Waals surface area contributed by atoms with Crippen molar-refractivity contribution in [2.45, 2.75) is 37.6 Å². The fraction of sp³-hybridized carbons (Fsp3) is 0.500. The summed E-state index contributed by atoms with van der Waals surface area (Å²) >= 11 is 5.71. The van der Waals surface area contributed by atoms with E-state index in [4.69, 9.17) is 16.3 Å². The van der Waals surface area contributed by atoms with Crippen LogP contribution in [0.1, 0.15) is 6.92 Å². The van der Waals surface area contributed by atoms with Gasteiger partial charge in [-0.15, -0.1) is 0 Å². The Balaban J connectivity index is 2.24. The summed E-state index contributed by atoms with van der Waals surface area (Å²) in [5.41, 5.74) is -0.198. The lowest BCUT2D eigenvalue weighted by molar-refractivity contribution is -0.384. The molecular formula is C12H15ClN2O6. The molecule has 1 aliphatic heterocycles. The zero-order chi connectivity index (χ0) is 15.7. The topological polar surface area (TPSA) is 125 Å². The normalized spacial score (nSPS) is 32.7. The largest absolute Gasteiger partial charge is 0.388 e. The predicted octanol–water partition coefficient (Wildman–Crippen LogP) is 0.488. The standard InChI is InChI=1S/C12H15ClN2O6/c1-5-9(16)10(17)11(18)12(21-5)14-7-3-2-6(13)4-8(7)15(19)20/h2-5,9-12,14,16-18H,1H3/t5-,9-,10+,11+,12-/m0/s1. The van der Waals surface area contributed by atoms with Gasteiger partial charge in [0.25, 0.3) is 5.69 Å². The van der Waals surface area contributed by atoms with E-state index < -0.39 is 35.6 Å². The zero-order valence-electron chi connectivity index (χ0n) is 11.0. The van der Waals surface area contributed by atoms with Gasteiger partial charge in [-0.2, -0.15) is 0 Å². The van der Waals surface area contributed by atoms with Crippen LogP contribution in [0.15, 0.2) is 18.2 Å². The van der Waals surface area contributed by atoms with E-state index in [1.807, 2.05) is 0 Å². The number of nitrogens with zero attached hydrogens (tertiary/aromatic N) is 1. The minimum absolute atomic E-state index is 0.0873. The average molecular weight is 319 g/mol. The summed E-state index contributed by atoms with van der Waals surface area (Å²) in [6, 6.07) is 3.98. The number of aliphatic hydroxyl groups is 3. The molecule has 116 valence electrons. The Morgan fingerprint density at radius 3 is 2.57 bits per heavy atom. The monoisotopic (exact) mass is 318 g/mol. The molecule has 1 aromatic carbocycles. The second-order valence-corrected chi connectivity index (χ2v) is 5.23. The highest BCUT2D eigenvalue weighted by Crippen LogP contribution is 2.30. The molecule has 1 fully saturated rings. The molecule has 0 aromatic heterocycles. The van der Waals surface area contributed by atoms with Crippen molar-refractivity contribution in [2.24, 2.45) is 0 Å². The molecule has 1 aromatic rings. The van der Waals surface area contributed by atoms with E-state index in [2.05, 4.69) is 5.32 Å². The van der Waals surface area contributed by atoms with Crippen LogP contribution in [-0.4, -0.2) is 50.9 Å². The van der Waals surface area contributed by atoms with Gasteiger partial charge in [0.15, 0.2) is 6.23 Å². The summed E-state index contributed by atoms with van der Waals surface area (Å²) in [4.78, 5) is 10.4. The molecule has 0 bridgehead atoms. The molecule has 2 rings (SSSR count). The third kappa shape index (κ3) is 3.25. The fourth-order valence-corrected chi connectivity index (χ4v) is 2.27. The first-order chi connectivity index (χ1) is 9.81. The number of hydrogen-bond donors (Lipinski definition) is 4. The van der Waals surface area contributed by atoms with Crippen molar-refractivity contribution in [3.05, 3.63) is 33.3 Å². The van der Waals surface area contributed by atoms with Crippen molar-refractivity contribution in [1.29, 1.82) is 0 Å². The van der Waals surface area contributed by atoms with Crippen LogP contribution in [0.3, 0.4) is 0 Å². The summed E-state index contributed by atoms with van der Waals surface area (Å²) in [6.07, 6.45) is -5.94. The van der Waals surface area contributed by atoms with E-state index in [0.29, 0.717) is 0 Å². The minimum Gasteiger partial charge on any atom is -0.388 e. The number of hydrogen-bond acceptors (Lipinski definition) is 7. The Labute approximate surface area is 125 Å². The third-order valence-electron chi connectivity index (χ3n) is 3.31. The quantitative estimate of drug-likeness (QED) is 0.472. The van der Waals surface area contributed by atoms with Crippen LogP contribution in [0.25, 0.3) is 0 Å². The van der Waals surface area contributed by atoms with Gasteiger partial charge in [0.2, 0.25) is 0 Å². The maximum absolute atomic E-state index is 11.0. The Bertz CT molecular complexity index is 542. The minimum atomic E-state index is -1.44. The highest BCUT2D eigenvalue weighted by Gasteiger charge is 2.42. The van der Waals surface area contributed by atoms with E-state index >= 15 is 0 Å². The van der Waals surface area contributed by atoms with Gasteiger partial charge >= 0.3 is 0 Å². The van der Waals surface area contributed by atoms with Gasteiger partial charge in [-0.3, -0.25) is 10.1 Å². The fourth-order valence-electron chi connectivity index (χ4n) is 2.10. The Hall–Kier alpha value is -1.45. The van der Waals surface area contributed by atoms with E-state index in [-0.39, 0.29) is 16.4 Å². The van der Waals surface area contributed by atoms with Gasteiger partial charge in [-0.25, -0.2) is 0 Å². The molecule has 0 spiro atoms. The number of nitro benzene ring substituents is 1. The van der Waals surface area contributed by atoms with Crippen molar-refractivity contribution in [3.8, 4) is 0 Å². The Kier molecular flexibility index (Phi) is 4.64. The molecule has 1 saturated heterocycles. The Morgan fingerprint density at radius 1 is 1.29 bits per heavy atom. The molecule has 0 radical (unpaired) electrons. The van der Waals surface area contributed by atoms with Crippen molar-refractivity contribution in [1.82, 2.24) is 0 Å². The van der Waals surface area contributed by atoms with Crippen molar-refractivity contribution >= 4 is 23.0 Å². The van der Waals surface area contributed by atoms with E-state index in [1.165, 1.54) is 19.1 Å². The van der Waals surface area contributed by atoms with Gasteiger partial charge in [0.1, 0.15) is 24.0 Å². The number of nitrogens with one attached hydrogen (secondary N) is 1. The van der Waals surface area contributed by atoms with Crippen LogP contribution in [0, 0.1) is 10.1 Å². The zero-order valence-corrected chi connectivity index (χ0v) is 11.8. The first kappa shape index (κ1) is 15.9.